The van der Waals surface area contributed by atoms with E-state index >= 15 is 0 Å². The predicted octanol–water partition coefficient (Wildman–Crippen LogP) is 2.80. The van der Waals surface area contributed by atoms with Gasteiger partial charge in [0.2, 0.25) is 12.5 Å². The Morgan fingerprint density at radius 2 is 1.96 bits per heavy atom. The van der Waals surface area contributed by atoms with Crippen molar-refractivity contribution in [3.63, 3.8) is 0 Å². The first-order valence-corrected chi connectivity index (χ1v) is 8.52. The SMILES string of the molecule is COc1ccc2c(c1)[C@H](c1cc(OC)c3c(c1)OCO3)C1=C(COC1=O)N2. The second-order valence-electron chi connectivity index (χ2n) is 6.44. The number of hydrogen-bond donors (Lipinski definition) is 1. The van der Waals surface area contributed by atoms with Crippen molar-refractivity contribution in [1.82, 2.24) is 0 Å². The molecule has 5 rings (SSSR count). The van der Waals surface area contributed by atoms with E-state index in [1.54, 1.807) is 14.2 Å². The Bertz CT molecular complexity index is 996. The van der Waals surface area contributed by atoms with Gasteiger partial charge in [-0.25, -0.2) is 4.79 Å². The second kappa shape index (κ2) is 5.84. The van der Waals surface area contributed by atoms with Crippen LogP contribution in [-0.4, -0.2) is 33.6 Å². The van der Waals surface area contributed by atoms with Crippen LogP contribution in [0.1, 0.15) is 17.0 Å². The fourth-order valence-corrected chi connectivity index (χ4v) is 3.81. The first kappa shape index (κ1) is 15.9. The van der Waals surface area contributed by atoms with Crippen molar-refractivity contribution in [2.75, 3.05) is 32.9 Å². The molecule has 0 saturated carbocycles. The molecule has 0 radical (unpaired) electrons. The zero-order valence-electron chi connectivity index (χ0n) is 14.8. The molecule has 1 atom stereocenters. The number of ether oxygens (including phenoxy) is 5. The summed E-state index contributed by atoms with van der Waals surface area (Å²) in [6.07, 6.45) is 0. The topological polar surface area (TPSA) is 75.2 Å². The van der Waals surface area contributed by atoms with Crippen molar-refractivity contribution in [3.05, 3.63) is 52.7 Å². The van der Waals surface area contributed by atoms with Crippen LogP contribution in [0.15, 0.2) is 41.6 Å². The molecule has 3 heterocycles. The van der Waals surface area contributed by atoms with E-state index in [2.05, 4.69) is 5.32 Å². The summed E-state index contributed by atoms with van der Waals surface area (Å²) in [5.74, 6) is 1.79. The molecule has 3 aliphatic heterocycles. The van der Waals surface area contributed by atoms with E-state index in [-0.39, 0.29) is 25.3 Å². The zero-order valence-corrected chi connectivity index (χ0v) is 14.8. The van der Waals surface area contributed by atoms with Gasteiger partial charge in [0.1, 0.15) is 12.4 Å². The molecule has 0 aliphatic carbocycles. The zero-order chi connectivity index (χ0) is 18.5. The first-order valence-electron chi connectivity index (χ1n) is 8.52. The minimum Gasteiger partial charge on any atom is -0.497 e. The van der Waals surface area contributed by atoms with Crippen LogP contribution in [0.4, 0.5) is 5.69 Å². The maximum atomic E-state index is 12.5. The van der Waals surface area contributed by atoms with Crippen LogP contribution in [0.3, 0.4) is 0 Å². The maximum Gasteiger partial charge on any atom is 0.337 e. The average molecular weight is 367 g/mol. The predicted molar refractivity (Wildman–Crippen MR) is 95.6 cm³/mol. The van der Waals surface area contributed by atoms with E-state index in [0.717, 1.165) is 22.5 Å². The molecule has 0 fully saturated rings. The molecule has 3 aliphatic rings. The van der Waals surface area contributed by atoms with E-state index in [0.29, 0.717) is 28.6 Å². The number of nitrogens with one attached hydrogen (secondary N) is 1. The van der Waals surface area contributed by atoms with Gasteiger partial charge in [-0.05, 0) is 41.5 Å². The Morgan fingerprint density at radius 1 is 1.07 bits per heavy atom. The number of hydrogen-bond acceptors (Lipinski definition) is 7. The number of anilines is 1. The lowest BCUT2D eigenvalue weighted by molar-refractivity contribution is -0.136. The summed E-state index contributed by atoms with van der Waals surface area (Å²) in [4.78, 5) is 12.5. The fourth-order valence-electron chi connectivity index (χ4n) is 3.81. The van der Waals surface area contributed by atoms with Crippen molar-refractivity contribution < 1.29 is 28.5 Å². The van der Waals surface area contributed by atoms with Crippen LogP contribution in [0.2, 0.25) is 0 Å². The number of esters is 1. The number of cyclic esters (lactones) is 1. The minimum absolute atomic E-state index is 0.141. The van der Waals surface area contributed by atoms with Gasteiger partial charge in [-0.3, -0.25) is 0 Å². The molecule has 2 aromatic rings. The standard InChI is InChI=1S/C20H17NO6/c1-23-11-3-4-13-12(7-11)17(18-14(21-13)8-25-20(18)22)10-5-15(24-2)19-16(6-10)26-9-27-19/h3-7,17,21H,8-9H2,1-2H3/t17-/m0/s1. The quantitative estimate of drug-likeness (QED) is 0.836. The van der Waals surface area contributed by atoms with Crippen molar-refractivity contribution in [2.45, 2.75) is 5.92 Å². The lowest BCUT2D eigenvalue weighted by atomic mass is 9.81. The van der Waals surface area contributed by atoms with Crippen LogP contribution in [-0.2, 0) is 9.53 Å². The Kier molecular flexibility index (Phi) is 3.43. The number of methoxy groups -OCH3 is 2. The van der Waals surface area contributed by atoms with Crippen molar-refractivity contribution in [3.8, 4) is 23.0 Å². The molecule has 7 nitrogen and oxygen atoms in total. The third-order valence-electron chi connectivity index (χ3n) is 5.05. The van der Waals surface area contributed by atoms with Crippen LogP contribution in [0.5, 0.6) is 23.0 Å². The summed E-state index contributed by atoms with van der Waals surface area (Å²) < 4.78 is 27.2. The smallest absolute Gasteiger partial charge is 0.337 e. The first-order chi connectivity index (χ1) is 13.2. The highest BCUT2D eigenvalue weighted by atomic mass is 16.7. The molecule has 7 heteroatoms. The number of carbonyl (C=O) groups excluding carboxylic acids is 1. The largest absolute Gasteiger partial charge is 0.497 e. The molecule has 138 valence electrons. The molecule has 0 spiro atoms. The highest BCUT2D eigenvalue weighted by molar-refractivity contribution is 5.97. The van der Waals surface area contributed by atoms with Gasteiger partial charge in [0, 0.05) is 11.6 Å². The molecule has 0 bridgehead atoms. The molecule has 0 amide bonds. The van der Waals surface area contributed by atoms with E-state index in [1.165, 1.54) is 0 Å². The van der Waals surface area contributed by atoms with Crippen LogP contribution >= 0.6 is 0 Å². The highest BCUT2D eigenvalue weighted by Crippen LogP contribution is 2.50. The van der Waals surface area contributed by atoms with E-state index in [9.17, 15) is 4.79 Å². The molecule has 0 aromatic heterocycles. The maximum absolute atomic E-state index is 12.5. The third-order valence-corrected chi connectivity index (χ3v) is 5.05. The van der Waals surface area contributed by atoms with E-state index < -0.39 is 0 Å². The van der Waals surface area contributed by atoms with Crippen LogP contribution in [0.25, 0.3) is 0 Å². The normalized spacial score (nSPS) is 19.2. The second-order valence-corrected chi connectivity index (χ2v) is 6.44. The van der Waals surface area contributed by atoms with Crippen molar-refractivity contribution in [1.29, 1.82) is 0 Å². The third kappa shape index (κ3) is 2.31. The van der Waals surface area contributed by atoms with Crippen molar-refractivity contribution in [2.24, 2.45) is 0 Å². The molecule has 0 unspecified atom stereocenters. The van der Waals surface area contributed by atoms with Gasteiger partial charge in [0.15, 0.2) is 11.5 Å². The monoisotopic (exact) mass is 367 g/mol. The van der Waals surface area contributed by atoms with Crippen LogP contribution in [0, 0.1) is 0 Å². The summed E-state index contributed by atoms with van der Waals surface area (Å²) in [6, 6.07) is 9.52. The Labute approximate surface area is 155 Å². The summed E-state index contributed by atoms with van der Waals surface area (Å²) in [7, 11) is 3.19. The Hall–Kier alpha value is -3.35. The van der Waals surface area contributed by atoms with Gasteiger partial charge in [-0.2, -0.15) is 0 Å². The summed E-state index contributed by atoms with van der Waals surface area (Å²) >= 11 is 0. The summed E-state index contributed by atoms with van der Waals surface area (Å²) in [5, 5.41) is 3.31. The number of carbonyl (C=O) groups is 1. The van der Waals surface area contributed by atoms with Crippen LogP contribution < -0.4 is 24.3 Å². The molecule has 1 N–H and O–H groups in total. The number of benzene rings is 2. The lowest BCUT2D eigenvalue weighted by Gasteiger charge is -2.28. The Morgan fingerprint density at radius 3 is 2.78 bits per heavy atom. The van der Waals surface area contributed by atoms with Gasteiger partial charge in [0.05, 0.1) is 25.5 Å². The Balaban J connectivity index is 1.73. The number of fused-ring (bicyclic) bond motifs is 2. The van der Waals surface area contributed by atoms with Crippen molar-refractivity contribution >= 4 is 11.7 Å². The number of rotatable bonds is 3. The molecule has 27 heavy (non-hydrogen) atoms. The van der Waals surface area contributed by atoms with Gasteiger partial charge in [0.25, 0.3) is 0 Å². The molecular weight excluding hydrogens is 350 g/mol. The van der Waals surface area contributed by atoms with Gasteiger partial charge in [-0.15, -0.1) is 0 Å². The fraction of sp³-hybridized carbons (Fsp3) is 0.250. The average Bonchev–Trinajstić information content (AvgIpc) is 3.31. The lowest BCUT2D eigenvalue weighted by Crippen LogP contribution is -2.20. The summed E-state index contributed by atoms with van der Waals surface area (Å²) in [6.45, 7) is 0.375. The van der Waals surface area contributed by atoms with Gasteiger partial charge in [-0.1, -0.05) is 0 Å². The van der Waals surface area contributed by atoms with E-state index in [4.69, 9.17) is 23.7 Å². The molecule has 2 aromatic carbocycles. The highest BCUT2D eigenvalue weighted by Gasteiger charge is 2.39. The van der Waals surface area contributed by atoms with E-state index in [1.807, 2.05) is 30.3 Å². The summed E-state index contributed by atoms with van der Waals surface area (Å²) in [5.41, 5.74) is 4.07. The molecule has 0 saturated heterocycles. The minimum atomic E-state index is -0.329. The molecular formula is C20H17NO6. The van der Waals surface area contributed by atoms with Gasteiger partial charge >= 0.3 is 5.97 Å². The van der Waals surface area contributed by atoms with Gasteiger partial charge < -0.3 is 29.0 Å².